The summed E-state index contributed by atoms with van der Waals surface area (Å²) in [5.74, 6) is 1.60. The lowest BCUT2D eigenvalue weighted by Gasteiger charge is -2.47. The Bertz CT molecular complexity index is 810. The molecule has 0 unspecified atom stereocenters. The van der Waals surface area contributed by atoms with Crippen molar-refractivity contribution in [3.05, 3.63) is 34.2 Å². The van der Waals surface area contributed by atoms with Crippen molar-refractivity contribution in [3.63, 3.8) is 0 Å². The maximum absolute atomic E-state index is 13.0. The van der Waals surface area contributed by atoms with Crippen molar-refractivity contribution in [1.82, 2.24) is 14.4 Å². The molecule has 166 valence electrons. The maximum Gasteiger partial charge on any atom is 0.250 e. The van der Waals surface area contributed by atoms with Crippen LogP contribution in [0.25, 0.3) is 0 Å². The Hall–Kier alpha value is -1.66. The van der Waals surface area contributed by atoms with Crippen molar-refractivity contribution in [2.45, 2.75) is 71.1 Å². The zero-order valence-corrected chi connectivity index (χ0v) is 18.9. The molecule has 6 heteroatoms. The number of piperidine rings is 1. The standard InChI is InChI=1S/C24H37N3O3/c1-16(2)8-9-22-20-10-19(21-6-5-7-23(28)27(21)22)13-25(14-20)15-24(29)26-11-17(3)30-18(4)12-26/h5-7,16-20,22H,8-15H2,1-4H3/t17-,18+,19-,20+,22+/m1/s1. The van der Waals surface area contributed by atoms with Gasteiger partial charge in [0.05, 0.1) is 18.8 Å². The molecule has 0 N–H and O–H groups in total. The lowest BCUT2D eigenvalue weighted by molar-refractivity contribution is -0.145. The van der Waals surface area contributed by atoms with E-state index >= 15 is 0 Å². The molecule has 3 aliphatic rings. The van der Waals surface area contributed by atoms with Gasteiger partial charge in [0.15, 0.2) is 0 Å². The van der Waals surface area contributed by atoms with E-state index in [1.165, 1.54) is 5.69 Å². The molecule has 0 radical (unpaired) electrons. The summed E-state index contributed by atoms with van der Waals surface area (Å²) in [6, 6.07) is 5.97. The Kier molecular flexibility index (Phi) is 6.35. The number of aromatic nitrogens is 1. The Morgan fingerprint density at radius 3 is 2.57 bits per heavy atom. The predicted molar refractivity (Wildman–Crippen MR) is 118 cm³/mol. The van der Waals surface area contributed by atoms with Crippen LogP contribution in [0.15, 0.2) is 23.0 Å². The summed E-state index contributed by atoms with van der Waals surface area (Å²) < 4.78 is 7.88. The van der Waals surface area contributed by atoms with Crippen LogP contribution in [0.3, 0.4) is 0 Å². The number of likely N-dealkylation sites (tertiary alicyclic amines) is 1. The molecule has 0 aliphatic carbocycles. The third-order valence-corrected chi connectivity index (χ3v) is 7.04. The third-order valence-electron chi connectivity index (χ3n) is 7.04. The highest BCUT2D eigenvalue weighted by Crippen LogP contribution is 2.43. The fourth-order valence-corrected chi connectivity index (χ4v) is 5.81. The van der Waals surface area contributed by atoms with Gasteiger partial charge >= 0.3 is 0 Å². The summed E-state index contributed by atoms with van der Waals surface area (Å²) in [7, 11) is 0. The maximum atomic E-state index is 13.0. The summed E-state index contributed by atoms with van der Waals surface area (Å²) >= 11 is 0. The van der Waals surface area contributed by atoms with Crippen molar-refractivity contribution in [2.75, 3.05) is 32.7 Å². The molecule has 2 saturated heterocycles. The largest absolute Gasteiger partial charge is 0.372 e. The van der Waals surface area contributed by atoms with Crippen LogP contribution in [0.5, 0.6) is 0 Å². The van der Waals surface area contributed by atoms with E-state index in [4.69, 9.17) is 4.74 Å². The van der Waals surface area contributed by atoms with Gasteiger partial charge in [0, 0.05) is 49.9 Å². The molecule has 4 heterocycles. The zero-order chi connectivity index (χ0) is 21.4. The minimum absolute atomic E-state index is 0.0950. The number of carbonyl (C=O) groups excluding carboxylic acids is 1. The van der Waals surface area contributed by atoms with Crippen molar-refractivity contribution in [3.8, 4) is 0 Å². The highest BCUT2D eigenvalue weighted by atomic mass is 16.5. The molecule has 5 atom stereocenters. The molecule has 6 nitrogen and oxygen atoms in total. The number of hydrogen-bond donors (Lipinski definition) is 0. The van der Waals surface area contributed by atoms with Crippen LogP contribution in [0.4, 0.5) is 0 Å². The molecule has 0 spiro atoms. The molecule has 2 bridgehead atoms. The van der Waals surface area contributed by atoms with E-state index in [9.17, 15) is 9.59 Å². The number of amides is 1. The summed E-state index contributed by atoms with van der Waals surface area (Å²) in [4.78, 5) is 30.1. The lowest BCUT2D eigenvalue weighted by Crippen LogP contribution is -2.54. The molecule has 2 fully saturated rings. The van der Waals surface area contributed by atoms with Gasteiger partial charge in [-0.15, -0.1) is 0 Å². The summed E-state index contributed by atoms with van der Waals surface area (Å²) in [6.07, 6.45) is 3.47. The minimum Gasteiger partial charge on any atom is -0.372 e. The first-order valence-corrected chi connectivity index (χ1v) is 11.7. The Morgan fingerprint density at radius 2 is 1.87 bits per heavy atom. The van der Waals surface area contributed by atoms with Crippen LogP contribution in [-0.4, -0.2) is 65.2 Å². The summed E-state index contributed by atoms with van der Waals surface area (Å²) in [6.45, 7) is 12.2. The molecule has 4 rings (SSSR count). The molecule has 30 heavy (non-hydrogen) atoms. The van der Waals surface area contributed by atoms with E-state index in [1.807, 2.05) is 24.8 Å². The second-order valence-corrected chi connectivity index (χ2v) is 10.1. The van der Waals surface area contributed by atoms with Crippen molar-refractivity contribution in [1.29, 1.82) is 0 Å². The summed E-state index contributed by atoms with van der Waals surface area (Å²) in [5.41, 5.74) is 1.30. The zero-order valence-electron chi connectivity index (χ0n) is 18.9. The van der Waals surface area contributed by atoms with Gasteiger partial charge in [-0.1, -0.05) is 19.9 Å². The van der Waals surface area contributed by atoms with Crippen LogP contribution < -0.4 is 5.56 Å². The lowest BCUT2D eigenvalue weighted by atomic mass is 9.76. The molecule has 0 saturated carbocycles. The SMILES string of the molecule is CC(C)CC[C@H]1[C@H]2C[C@H](CN(CC(=O)N3C[C@@H](C)O[C@@H](C)C3)C2)c2cccc(=O)n21. The number of carbonyl (C=O) groups is 1. The fourth-order valence-electron chi connectivity index (χ4n) is 5.81. The Balaban J connectivity index is 1.51. The van der Waals surface area contributed by atoms with Crippen LogP contribution in [0.1, 0.15) is 64.6 Å². The third kappa shape index (κ3) is 4.50. The monoisotopic (exact) mass is 415 g/mol. The Labute approximate surface area is 180 Å². The minimum atomic E-state index is 0.0950. The molecule has 1 amide bonds. The molecular formula is C24H37N3O3. The second-order valence-electron chi connectivity index (χ2n) is 10.1. The number of nitrogens with zero attached hydrogens (tertiary/aromatic N) is 3. The number of hydrogen-bond acceptors (Lipinski definition) is 4. The highest BCUT2D eigenvalue weighted by molar-refractivity contribution is 5.78. The van der Waals surface area contributed by atoms with E-state index in [-0.39, 0.29) is 29.7 Å². The Morgan fingerprint density at radius 1 is 1.13 bits per heavy atom. The quantitative estimate of drug-likeness (QED) is 0.742. The average molecular weight is 416 g/mol. The van der Waals surface area contributed by atoms with Gasteiger partial charge in [0.2, 0.25) is 5.91 Å². The molecule has 0 aromatic carbocycles. The smallest absolute Gasteiger partial charge is 0.250 e. The number of pyridine rings is 1. The topological polar surface area (TPSA) is 54.8 Å². The molecular weight excluding hydrogens is 378 g/mol. The van der Waals surface area contributed by atoms with Crippen molar-refractivity contribution >= 4 is 5.91 Å². The van der Waals surface area contributed by atoms with Crippen LogP contribution >= 0.6 is 0 Å². The van der Waals surface area contributed by atoms with E-state index in [1.54, 1.807) is 6.07 Å². The van der Waals surface area contributed by atoms with Crippen molar-refractivity contribution in [2.24, 2.45) is 11.8 Å². The second kappa shape index (κ2) is 8.83. The van der Waals surface area contributed by atoms with Gasteiger partial charge in [0.1, 0.15) is 0 Å². The van der Waals surface area contributed by atoms with Gasteiger partial charge in [-0.05, 0) is 51.0 Å². The van der Waals surface area contributed by atoms with Crippen LogP contribution in [0.2, 0.25) is 0 Å². The first kappa shape index (κ1) is 21.6. The first-order chi connectivity index (χ1) is 14.3. The van der Waals surface area contributed by atoms with Gasteiger partial charge in [-0.3, -0.25) is 14.5 Å². The molecule has 3 aliphatic heterocycles. The van der Waals surface area contributed by atoms with Crippen molar-refractivity contribution < 1.29 is 9.53 Å². The first-order valence-electron chi connectivity index (χ1n) is 11.7. The summed E-state index contributed by atoms with van der Waals surface area (Å²) in [5, 5.41) is 0. The highest BCUT2D eigenvalue weighted by Gasteiger charge is 2.41. The molecule has 1 aromatic heterocycles. The number of ether oxygens (including phenoxy) is 1. The van der Waals surface area contributed by atoms with E-state index < -0.39 is 0 Å². The number of rotatable bonds is 5. The van der Waals surface area contributed by atoms with E-state index in [2.05, 4.69) is 29.4 Å². The van der Waals surface area contributed by atoms with Gasteiger partial charge in [0.25, 0.3) is 5.56 Å². The van der Waals surface area contributed by atoms with Gasteiger partial charge < -0.3 is 14.2 Å². The average Bonchev–Trinajstić information content (AvgIpc) is 2.67. The van der Waals surface area contributed by atoms with E-state index in [0.717, 1.165) is 32.4 Å². The predicted octanol–water partition coefficient (Wildman–Crippen LogP) is 2.88. The van der Waals surface area contributed by atoms with Crippen LogP contribution in [-0.2, 0) is 9.53 Å². The van der Waals surface area contributed by atoms with E-state index in [0.29, 0.717) is 37.4 Å². The van der Waals surface area contributed by atoms with Crippen LogP contribution in [0, 0.1) is 11.8 Å². The van der Waals surface area contributed by atoms with Gasteiger partial charge in [-0.25, -0.2) is 0 Å². The number of morpholine rings is 1. The normalized spacial score (nSPS) is 31.6. The molecule has 1 aromatic rings. The van der Waals surface area contributed by atoms with Gasteiger partial charge in [-0.2, -0.15) is 0 Å². The number of fused-ring (bicyclic) bond motifs is 4. The fraction of sp³-hybridized carbons (Fsp3) is 0.750.